The van der Waals surface area contributed by atoms with Crippen LogP contribution in [0.25, 0.3) is 33.8 Å². The van der Waals surface area contributed by atoms with Crippen molar-refractivity contribution in [3.63, 3.8) is 0 Å². The van der Waals surface area contributed by atoms with Crippen LogP contribution in [0.5, 0.6) is 17.2 Å². The summed E-state index contributed by atoms with van der Waals surface area (Å²) in [6.07, 6.45) is 8.06. The molecule has 644 valence electrons. The fourth-order valence-corrected chi connectivity index (χ4v) is 16.6. The Kier molecular flexibility index (Phi) is 35.9. The van der Waals surface area contributed by atoms with Crippen LogP contribution < -0.4 is 39.7 Å². The van der Waals surface area contributed by atoms with Crippen molar-refractivity contribution >= 4 is 138 Å². The maximum atomic E-state index is 13.5. The second-order valence-corrected chi connectivity index (χ2v) is 34.6. The van der Waals surface area contributed by atoms with Crippen molar-refractivity contribution in [2.45, 2.75) is 99.1 Å². The standard InChI is InChI=1S/C30H36ClN4O6P.C24H24ClN4O6P.C24H23ClN4O3.C6H14ClO3P/c1-6-25(36)17-22-8-7-9-23(16-22)29-26(31)19-32-30(34-29)33-24-10-11-28(27(18-24)35-12-14-38-15-13-35)41-42(37,39-20(2)3)40-21(4)5;1-2-19(30)13-16-4-3-5-17(12-16)23-20(25)15-26-24(28-23)27-18-6-7-22(35-36(31,32)33)21(14-18)29-8-10-34-11-9-29;1-2-19(30)13-16-4-3-5-17(12-16)23-20(25)15-26-24(28-23)27-18-6-7-22(31)21(14-18)29-8-10-32-11-9-29;1-5(2)9-11(7,8)10-6(3)4/h6-11,16,18-21H,1,12-15,17H2,2-5H3,(H,32,33,34);2-7,12,14-15H,1,8-11,13H2,(H,26,27,28)(H2,31,32,33);2-7,12,14-15,31H,1,8-11,13H2,(H,26,27,28);5-6H,1-4H3. The lowest BCUT2D eigenvalue weighted by Gasteiger charge is -2.31. The molecule has 3 aliphatic rings. The highest BCUT2D eigenvalue weighted by Crippen LogP contribution is 2.56. The largest absolute Gasteiger partial charge is 0.530 e. The average molecular weight is 1800 g/mol. The van der Waals surface area contributed by atoms with Crippen LogP contribution in [-0.2, 0) is 79.6 Å². The van der Waals surface area contributed by atoms with E-state index < -0.39 is 22.6 Å². The third-order valence-electron chi connectivity index (χ3n) is 17.1. The molecule has 9 aromatic rings. The van der Waals surface area contributed by atoms with E-state index in [-0.39, 0.29) is 78.5 Å². The predicted molar refractivity (Wildman–Crippen MR) is 473 cm³/mol. The summed E-state index contributed by atoms with van der Waals surface area (Å²) in [6, 6.07) is 37.7. The number of allylic oxidation sites excluding steroid dienone is 3. The van der Waals surface area contributed by atoms with Crippen LogP contribution in [0.4, 0.5) is 52.0 Å². The number of morpholine rings is 3. The number of aromatic nitrogens is 6. The van der Waals surface area contributed by atoms with Gasteiger partial charge in [-0.1, -0.05) is 109 Å². The molecule has 0 aliphatic carbocycles. The molecule has 0 radical (unpaired) electrons. The molecule has 0 atom stereocenters. The Morgan fingerprint density at radius 1 is 0.455 bits per heavy atom. The topological polar surface area (TPSA) is 369 Å². The number of phenolic OH excluding ortho intramolecular Hbond substituents is 1. The highest BCUT2D eigenvalue weighted by Gasteiger charge is 2.34. The van der Waals surface area contributed by atoms with Crippen LogP contribution in [-0.4, -0.2) is 165 Å². The quantitative estimate of drug-likeness (QED) is 0.0126. The molecule has 12 rings (SSSR count). The summed E-state index contributed by atoms with van der Waals surface area (Å²) < 4.78 is 84.3. The summed E-state index contributed by atoms with van der Waals surface area (Å²) in [4.78, 5) is 86.8. The summed E-state index contributed by atoms with van der Waals surface area (Å²) >= 11 is 24.7. The molecule has 3 fully saturated rings. The first kappa shape index (κ1) is 95.3. The molecule has 6 N–H and O–H groups in total. The third kappa shape index (κ3) is 30.5. The number of carbonyl (C=O) groups is 3. The number of aromatic hydroxyl groups is 1. The Balaban J connectivity index is 0.000000195. The highest BCUT2D eigenvalue weighted by molar-refractivity contribution is 7.81. The van der Waals surface area contributed by atoms with E-state index in [1.165, 1.54) is 42.9 Å². The average Bonchev–Trinajstić information content (AvgIpc) is 0.805. The van der Waals surface area contributed by atoms with Gasteiger partial charge in [-0.25, -0.2) is 43.6 Å². The zero-order valence-corrected chi connectivity index (χ0v) is 73.7. The molecule has 3 aliphatic heterocycles. The molecule has 0 amide bonds. The van der Waals surface area contributed by atoms with Gasteiger partial charge >= 0.3 is 22.6 Å². The minimum atomic E-state index is -4.75. The Morgan fingerprint density at radius 3 is 1.07 bits per heavy atom. The maximum absolute atomic E-state index is 13.5. The number of nitrogens with one attached hydrogen (secondary N) is 3. The van der Waals surface area contributed by atoms with Crippen LogP contribution in [0, 0.1) is 0 Å². The van der Waals surface area contributed by atoms with Crippen LogP contribution in [0.3, 0.4) is 0 Å². The van der Waals surface area contributed by atoms with E-state index in [9.17, 15) is 43.0 Å². The van der Waals surface area contributed by atoms with Crippen LogP contribution >= 0.6 is 68.6 Å². The van der Waals surface area contributed by atoms with Gasteiger partial charge in [0, 0.05) is 104 Å². The van der Waals surface area contributed by atoms with Gasteiger partial charge in [-0.15, -0.1) is 0 Å². The van der Waals surface area contributed by atoms with E-state index in [2.05, 4.69) is 75.4 Å². The summed E-state index contributed by atoms with van der Waals surface area (Å²) in [6.45, 7) is 28.3. The SMILES string of the molecule is C=CC(=O)Cc1cccc(-c2nc(Nc3ccc(O)c(N4CCOCC4)c3)ncc2Cl)c1.C=CC(=O)Cc1cccc(-c2nc(Nc3ccc(OP(=O)(O)O)c(N4CCOCC4)c3)ncc2Cl)c1.C=CC(=O)Cc1cccc(-c2nc(Nc3ccc(OP(=O)(OC(C)C)OC(C)C)c(N4CCOCC4)c3)ncc2Cl)c1.CC(C)OP(=O)(Cl)OC(C)C. The number of ether oxygens (including phenoxy) is 3. The molecule has 3 aromatic heterocycles. The first-order chi connectivity index (χ1) is 57.6. The monoisotopic (exact) mass is 1790 g/mol. The van der Waals surface area contributed by atoms with Crippen molar-refractivity contribution in [3.05, 3.63) is 216 Å². The lowest BCUT2D eigenvalue weighted by atomic mass is 10.0. The first-order valence-corrected chi connectivity index (χ1v) is 45.0. The van der Waals surface area contributed by atoms with Gasteiger partial charge < -0.3 is 59.0 Å². The van der Waals surface area contributed by atoms with Crippen molar-refractivity contribution in [2.75, 3.05) is 110 Å². The minimum absolute atomic E-state index is 0.0540. The second kappa shape index (κ2) is 45.6. The number of carbonyl (C=O) groups excluding carboxylic acids is 3. The Bertz CT molecular complexity index is 5220. The van der Waals surface area contributed by atoms with E-state index in [1.54, 1.807) is 91.8 Å². The number of phenols is 1. The zero-order valence-electron chi connectivity index (χ0n) is 68.0. The lowest BCUT2D eigenvalue weighted by molar-refractivity contribution is -0.114. The molecule has 6 heterocycles. The third-order valence-corrected chi connectivity index (χ3v) is 22.0. The summed E-state index contributed by atoms with van der Waals surface area (Å²) in [7, 11) is -8.67. The lowest BCUT2D eigenvalue weighted by Crippen LogP contribution is -2.36. The number of hydrogen-bond acceptors (Lipinski definition) is 28. The van der Waals surface area contributed by atoms with E-state index in [1.807, 2.05) is 89.8 Å². The van der Waals surface area contributed by atoms with Crippen LogP contribution in [0.15, 0.2) is 184 Å². The number of ketones is 3. The molecule has 0 bridgehead atoms. The van der Waals surface area contributed by atoms with Crippen molar-refractivity contribution in [1.29, 1.82) is 0 Å². The molecule has 6 aromatic carbocycles. The second-order valence-electron chi connectivity index (χ2n) is 28.2. The van der Waals surface area contributed by atoms with E-state index >= 15 is 0 Å². The van der Waals surface area contributed by atoms with Gasteiger partial charge in [-0.3, -0.25) is 42.3 Å². The predicted octanol–water partition coefficient (Wildman–Crippen LogP) is 18.7. The number of rotatable bonds is 33. The van der Waals surface area contributed by atoms with Crippen molar-refractivity contribution < 1.29 is 84.3 Å². The summed E-state index contributed by atoms with van der Waals surface area (Å²) in [5.74, 6) is 1.35. The van der Waals surface area contributed by atoms with Gasteiger partial charge in [0.2, 0.25) is 17.8 Å². The molecule has 37 heteroatoms. The number of anilines is 9. The van der Waals surface area contributed by atoms with Gasteiger partial charge in [0.1, 0.15) is 5.75 Å². The highest BCUT2D eigenvalue weighted by atomic mass is 35.7. The number of phosphoric acid groups is 2. The normalized spacial score (nSPS) is 13.7. The number of nitrogens with zero attached hydrogens (tertiary/aromatic N) is 9. The molecule has 0 unspecified atom stereocenters. The smallest absolute Gasteiger partial charge is 0.506 e. The van der Waals surface area contributed by atoms with E-state index in [4.69, 9.17) is 87.4 Å². The number of benzene rings is 6. The van der Waals surface area contributed by atoms with Crippen molar-refractivity contribution in [1.82, 2.24) is 29.9 Å². The van der Waals surface area contributed by atoms with Gasteiger partial charge in [0.15, 0.2) is 28.8 Å². The Labute approximate surface area is 723 Å². The Hall–Kier alpha value is -9.52. The van der Waals surface area contributed by atoms with Crippen LogP contribution in [0.1, 0.15) is 72.1 Å². The minimum Gasteiger partial charge on any atom is -0.506 e. The van der Waals surface area contributed by atoms with Gasteiger partial charge in [-0.05, 0) is 163 Å². The summed E-state index contributed by atoms with van der Waals surface area (Å²) in [5.41, 5.74) is 10.2. The molecular weight excluding hydrogens is 1700 g/mol. The number of halogens is 4. The molecule has 121 heavy (non-hydrogen) atoms. The fraction of sp³-hybridized carbons (Fsp3) is 0.321. The maximum Gasteiger partial charge on any atom is 0.530 e. The Morgan fingerprint density at radius 2 is 0.760 bits per heavy atom. The molecular formula is C84H97Cl4N12O18P3. The van der Waals surface area contributed by atoms with Gasteiger partial charge in [0.25, 0.3) is 0 Å². The molecule has 0 saturated carbocycles. The number of phosphoric ester groups is 2. The van der Waals surface area contributed by atoms with E-state index in [0.717, 1.165) is 44.8 Å². The number of hydrogen-bond donors (Lipinski definition) is 6. The van der Waals surface area contributed by atoms with Crippen molar-refractivity contribution in [3.8, 4) is 51.0 Å². The van der Waals surface area contributed by atoms with Gasteiger partial charge in [-0.2, -0.15) is 0 Å². The fourth-order valence-electron chi connectivity index (χ4n) is 12.0. The molecule has 30 nitrogen and oxygen atoms in total. The van der Waals surface area contributed by atoms with Crippen molar-refractivity contribution in [2.24, 2.45) is 0 Å². The van der Waals surface area contributed by atoms with Gasteiger partial charge in [0.05, 0.1) is 132 Å². The van der Waals surface area contributed by atoms with E-state index in [0.29, 0.717) is 151 Å². The zero-order chi connectivity index (χ0) is 87.6. The first-order valence-electron chi connectivity index (χ1n) is 38.4. The summed E-state index contributed by atoms with van der Waals surface area (Å²) in [5, 5.41) is 21.0. The van der Waals surface area contributed by atoms with Crippen LogP contribution in [0.2, 0.25) is 15.1 Å². The molecule has 3 saturated heterocycles. The molecule has 0 spiro atoms.